The summed E-state index contributed by atoms with van der Waals surface area (Å²) in [5, 5.41) is 0. The number of hydrogen-bond donors (Lipinski definition) is 0. The minimum absolute atomic E-state index is 0.175. The zero-order valence-electron chi connectivity index (χ0n) is 9.22. The highest BCUT2D eigenvalue weighted by Crippen LogP contribution is 2.33. The molecule has 1 atom stereocenters. The van der Waals surface area contributed by atoms with Crippen molar-refractivity contribution in [1.29, 1.82) is 0 Å². The van der Waals surface area contributed by atoms with Crippen molar-refractivity contribution in [2.75, 3.05) is 25.7 Å². The number of halogens is 1. The molecule has 0 saturated carbocycles. The van der Waals surface area contributed by atoms with Crippen LogP contribution < -0.4 is 0 Å². The Morgan fingerprint density at radius 1 is 1.50 bits per heavy atom. The average Bonchev–Trinajstić information content (AvgIpc) is 2.19. The lowest BCUT2D eigenvalue weighted by molar-refractivity contribution is -0.0231. The standard InChI is InChI=1S/C11H21ClO2/c1-10(2)14-7-5-11(8-12)4-3-6-13-9-11/h10H,3-9H2,1-2H3. The summed E-state index contributed by atoms with van der Waals surface area (Å²) in [7, 11) is 0. The molecule has 0 aromatic heterocycles. The second kappa shape index (κ2) is 5.94. The Kier molecular flexibility index (Phi) is 5.21. The molecule has 1 aliphatic heterocycles. The summed E-state index contributed by atoms with van der Waals surface area (Å²) in [6.07, 6.45) is 3.65. The van der Waals surface area contributed by atoms with Crippen LogP contribution in [0.4, 0.5) is 0 Å². The Hall–Kier alpha value is 0.210. The molecule has 0 aliphatic carbocycles. The Morgan fingerprint density at radius 2 is 2.29 bits per heavy atom. The van der Waals surface area contributed by atoms with E-state index >= 15 is 0 Å². The largest absolute Gasteiger partial charge is 0.381 e. The van der Waals surface area contributed by atoms with Gasteiger partial charge in [0, 0.05) is 24.5 Å². The van der Waals surface area contributed by atoms with E-state index in [0.717, 1.165) is 32.7 Å². The summed E-state index contributed by atoms with van der Waals surface area (Å²) in [6, 6.07) is 0. The van der Waals surface area contributed by atoms with Crippen LogP contribution in [0.25, 0.3) is 0 Å². The van der Waals surface area contributed by atoms with Crippen LogP contribution in [0, 0.1) is 5.41 Å². The van der Waals surface area contributed by atoms with Crippen molar-refractivity contribution in [3.63, 3.8) is 0 Å². The van der Waals surface area contributed by atoms with E-state index in [1.165, 1.54) is 6.42 Å². The minimum Gasteiger partial charge on any atom is -0.381 e. The summed E-state index contributed by atoms with van der Waals surface area (Å²) >= 11 is 6.02. The van der Waals surface area contributed by atoms with E-state index in [1.807, 2.05) is 0 Å². The first-order valence-corrected chi connectivity index (χ1v) is 5.97. The first-order chi connectivity index (χ1) is 6.68. The highest BCUT2D eigenvalue weighted by atomic mass is 35.5. The van der Waals surface area contributed by atoms with Gasteiger partial charge < -0.3 is 9.47 Å². The molecule has 1 rings (SSSR count). The third-order valence-electron chi connectivity index (χ3n) is 2.77. The molecule has 0 radical (unpaired) electrons. The summed E-state index contributed by atoms with van der Waals surface area (Å²) < 4.78 is 11.1. The van der Waals surface area contributed by atoms with Gasteiger partial charge in [0.05, 0.1) is 12.7 Å². The van der Waals surface area contributed by atoms with Crippen LogP contribution >= 0.6 is 11.6 Å². The summed E-state index contributed by atoms with van der Waals surface area (Å²) in [5.74, 6) is 0.689. The fraction of sp³-hybridized carbons (Fsp3) is 1.00. The van der Waals surface area contributed by atoms with Crippen molar-refractivity contribution in [2.24, 2.45) is 5.41 Å². The predicted octanol–water partition coefficient (Wildman–Crippen LogP) is 2.84. The smallest absolute Gasteiger partial charge is 0.0534 e. The fourth-order valence-corrected chi connectivity index (χ4v) is 2.13. The van der Waals surface area contributed by atoms with Crippen LogP contribution in [0.1, 0.15) is 33.1 Å². The number of alkyl halides is 1. The van der Waals surface area contributed by atoms with Crippen LogP contribution in [0.3, 0.4) is 0 Å². The van der Waals surface area contributed by atoms with Gasteiger partial charge in [-0.15, -0.1) is 11.6 Å². The van der Waals surface area contributed by atoms with Gasteiger partial charge in [-0.3, -0.25) is 0 Å². The van der Waals surface area contributed by atoms with Crippen LogP contribution in [0.5, 0.6) is 0 Å². The second-order valence-electron chi connectivity index (χ2n) is 4.46. The normalized spacial score (nSPS) is 28.3. The summed E-state index contributed by atoms with van der Waals surface area (Å²) in [4.78, 5) is 0. The van der Waals surface area contributed by atoms with Crippen LogP contribution in [0.2, 0.25) is 0 Å². The quantitative estimate of drug-likeness (QED) is 0.664. The zero-order valence-corrected chi connectivity index (χ0v) is 9.98. The van der Waals surface area contributed by atoms with Gasteiger partial charge in [0.15, 0.2) is 0 Å². The average molecular weight is 221 g/mol. The molecule has 14 heavy (non-hydrogen) atoms. The summed E-state index contributed by atoms with van der Waals surface area (Å²) in [6.45, 7) is 6.62. The van der Waals surface area contributed by atoms with Gasteiger partial charge in [-0.1, -0.05) is 0 Å². The molecule has 0 spiro atoms. The van der Waals surface area contributed by atoms with E-state index in [0.29, 0.717) is 12.0 Å². The topological polar surface area (TPSA) is 18.5 Å². The molecule has 0 aromatic rings. The molecule has 1 unspecified atom stereocenters. The van der Waals surface area contributed by atoms with E-state index in [2.05, 4.69) is 13.8 Å². The predicted molar refractivity (Wildman–Crippen MR) is 58.9 cm³/mol. The molecular weight excluding hydrogens is 200 g/mol. The minimum atomic E-state index is 0.175. The van der Waals surface area contributed by atoms with Gasteiger partial charge in [-0.25, -0.2) is 0 Å². The van der Waals surface area contributed by atoms with E-state index in [1.54, 1.807) is 0 Å². The maximum Gasteiger partial charge on any atom is 0.0534 e. The van der Waals surface area contributed by atoms with E-state index in [9.17, 15) is 0 Å². The Balaban J connectivity index is 2.29. The maximum atomic E-state index is 6.02. The Bertz CT molecular complexity index is 153. The highest BCUT2D eigenvalue weighted by Gasteiger charge is 2.31. The first kappa shape index (κ1) is 12.3. The van der Waals surface area contributed by atoms with Crippen molar-refractivity contribution in [3.05, 3.63) is 0 Å². The van der Waals surface area contributed by atoms with Crippen molar-refractivity contribution < 1.29 is 9.47 Å². The molecule has 1 fully saturated rings. The Morgan fingerprint density at radius 3 is 2.79 bits per heavy atom. The molecule has 1 aliphatic rings. The van der Waals surface area contributed by atoms with Crippen LogP contribution in [0.15, 0.2) is 0 Å². The molecule has 0 bridgehead atoms. The molecule has 84 valence electrons. The van der Waals surface area contributed by atoms with E-state index in [-0.39, 0.29) is 5.41 Å². The molecule has 1 saturated heterocycles. The van der Waals surface area contributed by atoms with Gasteiger partial charge in [0.2, 0.25) is 0 Å². The van der Waals surface area contributed by atoms with Gasteiger partial charge in [-0.2, -0.15) is 0 Å². The molecule has 0 N–H and O–H groups in total. The highest BCUT2D eigenvalue weighted by molar-refractivity contribution is 6.18. The molecule has 1 heterocycles. The van der Waals surface area contributed by atoms with E-state index < -0.39 is 0 Å². The van der Waals surface area contributed by atoms with Crippen molar-refractivity contribution in [1.82, 2.24) is 0 Å². The van der Waals surface area contributed by atoms with Gasteiger partial charge in [0.1, 0.15) is 0 Å². The summed E-state index contributed by atoms with van der Waals surface area (Å²) in [5.41, 5.74) is 0.175. The van der Waals surface area contributed by atoms with Crippen molar-refractivity contribution >= 4 is 11.6 Å². The molecule has 2 nitrogen and oxygen atoms in total. The third-order valence-corrected chi connectivity index (χ3v) is 3.34. The van der Waals surface area contributed by atoms with Gasteiger partial charge >= 0.3 is 0 Å². The van der Waals surface area contributed by atoms with Gasteiger partial charge in [0.25, 0.3) is 0 Å². The SMILES string of the molecule is CC(C)OCCC1(CCl)CCCOC1. The van der Waals surface area contributed by atoms with E-state index in [4.69, 9.17) is 21.1 Å². The lowest BCUT2D eigenvalue weighted by Crippen LogP contribution is -2.35. The van der Waals surface area contributed by atoms with Crippen molar-refractivity contribution in [3.8, 4) is 0 Å². The van der Waals surface area contributed by atoms with Crippen LogP contribution in [-0.2, 0) is 9.47 Å². The van der Waals surface area contributed by atoms with Crippen molar-refractivity contribution in [2.45, 2.75) is 39.2 Å². The number of ether oxygens (including phenoxy) is 2. The number of rotatable bonds is 5. The fourth-order valence-electron chi connectivity index (χ4n) is 1.79. The van der Waals surface area contributed by atoms with Crippen LogP contribution in [-0.4, -0.2) is 31.8 Å². The second-order valence-corrected chi connectivity index (χ2v) is 4.73. The molecule has 0 aromatic carbocycles. The maximum absolute atomic E-state index is 6.02. The molecular formula is C11H21ClO2. The number of hydrogen-bond acceptors (Lipinski definition) is 2. The first-order valence-electron chi connectivity index (χ1n) is 5.44. The third kappa shape index (κ3) is 3.76. The molecule has 3 heteroatoms. The lowest BCUT2D eigenvalue weighted by Gasteiger charge is -2.35. The van der Waals surface area contributed by atoms with Gasteiger partial charge in [-0.05, 0) is 33.1 Å². The Labute approximate surface area is 91.9 Å². The monoisotopic (exact) mass is 220 g/mol. The molecule has 0 amide bonds. The lowest BCUT2D eigenvalue weighted by atomic mass is 9.82. The zero-order chi connectivity index (χ0) is 10.4.